The number of hydrogen-bond donors (Lipinski definition) is 1. The molecule has 0 spiro atoms. The zero-order valence-corrected chi connectivity index (χ0v) is 13.6. The molecule has 2 aromatic rings. The van der Waals surface area contributed by atoms with Gasteiger partial charge in [-0.2, -0.15) is 0 Å². The third kappa shape index (κ3) is 4.90. The van der Waals surface area contributed by atoms with E-state index in [1.165, 1.54) is 6.07 Å². The van der Waals surface area contributed by atoms with Crippen LogP contribution in [-0.2, 0) is 4.79 Å². The van der Waals surface area contributed by atoms with Gasteiger partial charge >= 0.3 is 0 Å². The summed E-state index contributed by atoms with van der Waals surface area (Å²) < 4.78 is 24.6. The number of terminal acetylenes is 1. The van der Waals surface area contributed by atoms with Gasteiger partial charge in [-0.3, -0.25) is 4.79 Å². The van der Waals surface area contributed by atoms with Gasteiger partial charge in [0, 0.05) is 6.07 Å². The number of ether oxygens (including phenoxy) is 2. The lowest BCUT2D eigenvalue weighted by atomic mass is 10.2. The molecule has 0 saturated heterocycles. The molecule has 4 nitrogen and oxygen atoms in total. The third-order valence-electron chi connectivity index (χ3n) is 2.95. The number of carbonyl (C=O) groups is 1. The summed E-state index contributed by atoms with van der Waals surface area (Å²) in [5, 5.41) is 2.47. The van der Waals surface area contributed by atoms with Crippen LogP contribution in [0.2, 0.25) is 5.02 Å². The highest BCUT2D eigenvalue weighted by Gasteiger charge is 2.14. The minimum Gasteiger partial charge on any atom is -0.484 e. The SMILES string of the molecule is C#CC(C)Oc1cc(NC(=O)COc2ccccc2)c(F)cc1Cl. The Labute approximate surface area is 144 Å². The molecule has 2 aromatic carbocycles. The van der Waals surface area contributed by atoms with Crippen LogP contribution in [0.4, 0.5) is 10.1 Å². The predicted octanol–water partition coefficient (Wildman–Crippen LogP) is 3.90. The first-order valence-corrected chi connectivity index (χ1v) is 7.47. The highest BCUT2D eigenvalue weighted by molar-refractivity contribution is 6.32. The van der Waals surface area contributed by atoms with E-state index in [1.807, 2.05) is 6.07 Å². The van der Waals surface area contributed by atoms with E-state index in [4.69, 9.17) is 27.5 Å². The summed E-state index contributed by atoms with van der Waals surface area (Å²) >= 11 is 5.91. The van der Waals surface area contributed by atoms with E-state index in [2.05, 4.69) is 11.2 Å². The number of nitrogens with one attached hydrogen (secondary N) is 1. The topological polar surface area (TPSA) is 47.6 Å². The molecule has 0 heterocycles. The lowest BCUT2D eigenvalue weighted by Gasteiger charge is -2.14. The van der Waals surface area contributed by atoms with Crippen LogP contribution in [0.1, 0.15) is 6.92 Å². The van der Waals surface area contributed by atoms with Crippen LogP contribution in [0.3, 0.4) is 0 Å². The standard InChI is InChI=1S/C18H15ClFNO3/c1-3-12(2)24-17-10-16(15(20)9-14(17)19)21-18(22)11-23-13-7-5-4-6-8-13/h1,4-10,12H,11H2,2H3,(H,21,22). The van der Waals surface area contributed by atoms with Crippen molar-refractivity contribution in [1.82, 2.24) is 0 Å². The molecule has 6 heteroatoms. The quantitative estimate of drug-likeness (QED) is 0.806. The van der Waals surface area contributed by atoms with Crippen molar-refractivity contribution in [1.29, 1.82) is 0 Å². The Morgan fingerprint density at radius 1 is 1.38 bits per heavy atom. The third-order valence-corrected chi connectivity index (χ3v) is 3.24. The number of amides is 1. The first kappa shape index (κ1) is 17.6. The maximum atomic E-state index is 13.9. The van der Waals surface area contributed by atoms with Crippen LogP contribution < -0.4 is 14.8 Å². The predicted molar refractivity (Wildman–Crippen MR) is 90.9 cm³/mol. The number of para-hydroxylation sites is 1. The molecule has 1 atom stereocenters. The van der Waals surface area contributed by atoms with E-state index in [1.54, 1.807) is 31.2 Å². The van der Waals surface area contributed by atoms with Crippen LogP contribution >= 0.6 is 11.6 Å². The lowest BCUT2D eigenvalue weighted by molar-refractivity contribution is -0.118. The molecule has 0 bridgehead atoms. The summed E-state index contributed by atoms with van der Waals surface area (Å²) in [6.07, 6.45) is 4.69. The Balaban J connectivity index is 2.04. The monoisotopic (exact) mass is 347 g/mol. The molecule has 124 valence electrons. The molecule has 1 unspecified atom stereocenters. The van der Waals surface area contributed by atoms with Gasteiger partial charge in [-0.15, -0.1) is 6.42 Å². The van der Waals surface area contributed by atoms with Gasteiger partial charge in [0.2, 0.25) is 0 Å². The van der Waals surface area contributed by atoms with Crippen LogP contribution in [0, 0.1) is 18.2 Å². The first-order chi connectivity index (χ1) is 11.5. The van der Waals surface area contributed by atoms with Gasteiger partial charge < -0.3 is 14.8 Å². The number of halogens is 2. The van der Waals surface area contributed by atoms with Crippen LogP contribution in [0.25, 0.3) is 0 Å². The first-order valence-electron chi connectivity index (χ1n) is 7.09. The fourth-order valence-corrected chi connectivity index (χ4v) is 1.99. The van der Waals surface area contributed by atoms with Gasteiger partial charge in [0.1, 0.15) is 17.3 Å². The number of anilines is 1. The number of rotatable bonds is 6. The Hall–Kier alpha value is -2.71. The van der Waals surface area contributed by atoms with Gasteiger partial charge in [-0.05, 0) is 25.1 Å². The smallest absolute Gasteiger partial charge is 0.262 e. The second-order valence-electron chi connectivity index (χ2n) is 4.84. The molecule has 1 N–H and O–H groups in total. The van der Waals surface area contributed by atoms with E-state index in [0.717, 1.165) is 6.07 Å². The van der Waals surface area contributed by atoms with E-state index in [0.29, 0.717) is 5.75 Å². The molecule has 2 rings (SSSR count). The Bertz CT molecular complexity index is 759. The average Bonchev–Trinajstić information content (AvgIpc) is 2.58. The van der Waals surface area contributed by atoms with Crippen molar-refractivity contribution in [3.05, 3.63) is 53.3 Å². The van der Waals surface area contributed by atoms with Crippen LogP contribution in [0.15, 0.2) is 42.5 Å². The highest BCUT2D eigenvalue weighted by Crippen LogP contribution is 2.31. The van der Waals surface area contributed by atoms with Gasteiger partial charge in [0.05, 0.1) is 10.7 Å². The van der Waals surface area contributed by atoms with Crippen LogP contribution in [-0.4, -0.2) is 18.6 Å². The highest BCUT2D eigenvalue weighted by atomic mass is 35.5. The van der Waals surface area contributed by atoms with Crippen LogP contribution in [0.5, 0.6) is 11.5 Å². The van der Waals surface area contributed by atoms with Gasteiger partial charge in [0.25, 0.3) is 5.91 Å². The van der Waals surface area contributed by atoms with Crippen molar-refractivity contribution >= 4 is 23.2 Å². The maximum absolute atomic E-state index is 13.9. The summed E-state index contributed by atoms with van der Waals surface area (Å²) in [5.41, 5.74) is -0.0692. The van der Waals surface area contributed by atoms with Crippen molar-refractivity contribution in [3.63, 3.8) is 0 Å². The Morgan fingerprint density at radius 2 is 2.08 bits per heavy atom. The minimum absolute atomic E-state index is 0.0631. The lowest BCUT2D eigenvalue weighted by Crippen LogP contribution is -2.21. The normalized spacial score (nSPS) is 11.2. The second-order valence-corrected chi connectivity index (χ2v) is 5.25. The van der Waals surface area contributed by atoms with E-state index < -0.39 is 17.8 Å². The van der Waals surface area contributed by atoms with Gasteiger partial charge in [-0.1, -0.05) is 35.7 Å². The molecule has 0 aromatic heterocycles. The molecule has 0 fully saturated rings. The minimum atomic E-state index is -0.686. The molecule has 0 radical (unpaired) electrons. The van der Waals surface area contributed by atoms with E-state index in [9.17, 15) is 9.18 Å². The summed E-state index contributed by atoms with van der Waals surface area (Å²) in [6.45, 7) is 1.38. The fourth-order valence-electron chi connectivity index (χ4n) is 1.79. The number of hydrogen-bond acceptors (Lipinski definition) is 3. The number of benzene rings is 2. The number of carbonyl (C=O) groups excluding carboxylic acids is 1. The van der Waals surface area contributed by atoms with E-state index >= 15 is 0 Å². The van der Waals surface area contributed by atoms with Crippen molar-refractivity contribution < 1.29 is 18.7 Å². The molecule has 0 saturated carbocycles. The van der Waals surface area contributed by atoms with Crippen molar-refractivity contribution in [2.45, 2.75) is 13.0 Å². The zero-order valence-electron chi connectivity index (χ0n) is 12.9. The average molecular weight is 348 g/mol. The summed E-state index contributed by atoms with van der Waals surface area (Å²) in [5.74, 6) is 1.89. The molecular weight excluding hydrogens is 333 g/mol. The summed E-state index contributed by atoms with van der Waals surface area (Å²) in [4.78, 5) is 11.9. The Morgan fingerprint density at radius 3 is 2.75 bits per heavy atom. The summed E-state index contributed by atoms with van der Waals surface area (Å²) in [6, 6.07) is 11.1. The van der Waals surface area contributed by atoms with Crippen molar-refractivity contribution in [2.24, 2.45) is 0 Å². The van der Waals surface area contributed by atoms with Gasteiger partial charge in [-0.25, -0.2) is 4.39 Å². The van der Waals surface area contributed by atoms with Crippen molar-refractivity contribution in [2.75, 3.05) is 11.9 Å². The zero-order chi connectivity index (χ0) is 17.5. The Kier molecular flexibility index (Phi) is 6.05. The second kappa shape index (κ2) is 8.23. The molecule has 0 aliphatic carbocycles. The molecule has 24 heavy (non-hydrogen) atoms. The fraction of sp³-hybridized carbons (Fsp3) is 0.167. The van der Waals surface area contributed by atoms with E-state index in [-0.39, 0.29) is 23.1 Å². The molecule has 0 aliphatic heterocycles. The molecular formula is C18H15ClFNO3. The maximum Gasteiger partial charge on any atom is 0.262 e. The van der Waals surface area contributed by atoms with Crippen molar-refractivity contribution in [3.8, 4) is 23.8 Å². The molecule has 0 aliphatic rings. The van der Waals surface area contributed by atoms with Gasteiger partial charge in [0.15, 0.2) is 12.7 Å². The largest absolute Gasteiger partial charge is 0.484 e. The summed E-state index contributed by atoms with van der Waals surface area (Å²) in [7, 11) is 0. The molecule has 1 amide bonds.